The molecule has 1 aliphatic carbocycles. The second-order valence-electron chi connectivity index (χ2n) is 5.36. The largest absolute Gasteiger partial charge is 0.349 e. The summed E-state index contributed by atoms with van der Waals surface area (Å²) in [6.45, 7) is 5.52. The van der Waals surface area contributed by atoms with Gasteiger partial charge in [-0.3, -0.25) is 9.59 Å². The Hall–Kier alpha value is -1.84. The number of amides is 2. The first kappa shape index (κ1) is 13.6. The predicted octanol–water partition coefficient (Wildman–Crippen LogP) is 2.48. The Morgan fingerprint density at radius 3 is 2.63 bits per heavy atom. The van der Waals surface area contributed by atoms with E-state index in [0.29, 0.717) is 5.92 Å². The van der Waals surface area contributed by atoms with Crippen LogP contribution in [-0.2, 0) is 9.59 Å². The molecule has 2 amide bonds. The Bertz CT molecular complexity index is 499. The maximum Gasteiger partial charge on any atom is 0.223 e. The molecule has 1 aliphatic rings. The number of anilines is 1. The molecule has 0 aromatic heterocycles. The van der Waals surface area contributed by atoms with Gasteiger partial charge in [0.15, 0.2) is 0 Å². The third-order valence-electron chi connectivity index (χ3n) is 3.51. The van der Waals surface area contributed by atoms with E-state index >= 15 is 0 Å². The fourth-order valence-corrected chi connectivity index (χ4v) is 2.18. The Morgan fingerprint density at radius 2 is 2.05 bits per heavy atom. The van der Waals surface area contributed by atoms with Gasteiger partial charge in [-0.15, -0.1) is 0 Å². The van der Waals surface area contributed by atoms with Crippen molar-refractivity contribution in [2.75, 3.05) is 5.32 Å². The van der Waals surface area contributed by atoms with Crippen LogP contribution in [0.4, 0.5) is 5.69 Å². The molecule has 0 heterocycles. The van der Waals surface area contributed by atoms with Gasteiger partial charge in [0, 0.05) is 18.5 Å². The number of hydrogen-bond donors (Lipinski definition) is 2. The van der Waals surface area contributed by atoms with Crippen LogP contribution in [0.25, 0.3) is 0 Å². The summed E-state index contributed by atoms with van der Waals surface area (Å²) in [5, 5.41) is 5.76. The minimum atomic E-state index is -0.0966. The second kappa shape index (κ2) is 5.43. The van der Waals surface area contributed by atoms with Gasteiger partial charge >= 0.3 is 0 Å². The minimum absolute atomic E-state index is 0.0472. The van der Waals surface area contributed by atoms with Gasteiger partial charge in [-0.25, -0.2) is 0 Å². The van der Waals surface area contributed by atoms with Crippen LogP contribution in [0.1, 0.15) is 38.8 Å². The maximum absolute atomic E-state index is 11.9. The van der Waals surface area contributed by atoms with Gasteiger partial charge in [-0.05, 0) is 37.0 Å². The Balaban J connectivity index is 2.00. The number of carbonyl (C=O) groups is 2. The summed E-state index contributed by atoms with van der Waals surface area (Å²) < 4.78 is 0. The fourth-order valence-electron chi connectivity index (χ4n) is 2.18. The molecule has 1 fully saturated rings. The highest BCUT2D eigenvalue weighted by Gasteiger charge is 2.39. The summed E-state index contributed by atoms with van der Waals surface area (Å²) in [4.78, 5) is 22.9. The molecule has 19 heavy (non-hydrogen) atoms. The topological polar surface area (TPSA) is 58.2 Å². The molecule has 2 N–H and O–H groups in total. The first-order valence-electron chi connectivity index (χ1n) is 6.65. The van der Waals surface area contributed by atoms with Crippen LogP contribution in [0.2, 0.25) is 0 Å². The highest BCUT2D eigenvalue weighted by atomic mass is 16.2. The van der Waals surface area contributed by atoms with Crippen LogP contribution in [-0.4, -0.2) is 11.8 Å². The molecule has 0 radical (unpaired) electrons. The fraction of sp³-hybridized carbons (Fsp3) is 0.467. The number of carbonyl (C=O) groups excluding carboxylic acids is 2. The van der Waals surface area contributed by atoms with E-state index in [4.69, 9.17) is 0 Å². The van der Waals surface area contributed by atoms with Crippen molar-refractivity contribution >= 4 is 17.5 Å². The van der Waals surface area contributed by atoms with E-state index in [1.165, 1.54) is 6.92 Å². The third kappa shape index (κ3) is 3.56. The molecule has 0 spiro atoms. The first-order valence-corrected chi connectivity index (χ1v) is 6.65. The van der Waals surface area contributed by atoms with E-state index in [-0.39, 0.29) is 23.8 Å². The molecule has 4 heteroatoms. The molecule has 0 saturated heterocycles. The number of rotatable bonds is 4. The van der Waals surface area contributed by atoms with Crippen molar-refractivity contribution in [2.45, 2.75) is 33.2 Å². The van der Waals surface area contributed by atoms with Crippen LogP contribution in [0.5, 0.6) is 0 Å². The highest BCUT2D eigenvalue weighted by molar-refractivity contribution is 5.88. The number of hydrogen-bond acceptors (Lipinski definition) is 2. The summed E-state index contributed by atoms with van der Waals surface area (Å²) in [5.41, 5.74) is 1.75. The summed E-state index contributed by atoms with van der Waals surface area (Å²) in [7, 11) is 0. The van der Waals surface area contributed by atoms with Crippen LogP contribution in [0.3, 0.4) is 0 Å². The molecule has 102 valence electrons. The van der Waals surface area contributed by atoms with Crippen LogP contribution in [0, 0.1) is 11.8 Å². The predicted molar refractivity (Wildman–Crippen MR) is 74.6 cm³/mol. The lowest BCUT2D eigenvalue weighted by Crippen LogP contribution is -2.28. The number of benzene rings is 1. The van der Waals surface area contributed by atoms with Gasteiger partial charge in [-0.2, -0.15) is 0 Å². The molecule has 1 aromatic carbocycles. The van der Waals surface area contributed by atoms with Gasteiger partial charge in [0.25, 0.3) is 0 Å². The van der Waals surface area contributed by atoms with E-state index in [2.05, 4.69) is 17.6 Å². The van der Waals surface area contributed by atoms with Crippen molar-refractivity contribution < 1.29 is 9.59 Å². The standard InChI is InChI=1S/C15H20N2O2/c1-9-7-14(9)15(19)16-10(2)12-5-4-6-13(8-12)17-11(3)18/h4-6,8-10,14H,7H2,1-3H3,(H,16,19)(H,17,18). The summed E-state index contributed by atoms with van der Waals surface area (Å²) in [5.74, 6) is 0.726. The normalized spacial score (nSPS) is 22.5. The minimum Gasteiger partial charge on any atom is -0.349 e. The molecule has 0 bridgehead atoms. The Labute approximate surface area is 113 Å². The van der Waals surface area contributed by atoms with Gasteiger partial charge in [-0.1, -0.05) is 19.1 Å². The van der Waals surface area contributed by atoms with Gasteiger partial charge < -0.3 is 10.6 Å². The van der Waals surface area contributed by atoms with E-state index in [1.54, 1.807) is 0 Å². The van der Waals surface area contributed by atoms with Gasteiger partial charge in [0.1, 0.15) is 0 Å². The molecule has 1 saturated carbocycles. The average Bonchev–Trinajstić information content (AvgIpc) is 3.06. The van der Waals surface area contributed by atoms with Crippen LogP contribution < -0.4 is 10.6 Å². The second-order valence-corrected chi connectivity index (χ2v) is 5.36. The van der Waals surface area contributed by atoms with Crippen LogP contribution in [0.15, 0.2) is 24.3 Å². The first-order chi connectivity index (χ1) is 8.97. The van der Waals surface area contributed by atoms with Crippen molar-refractivity contribution in [3.05, 3.63) is 29.8 Å². The molecule has 3 atom stereocenters. The molecule has 2 rings (SSSR count). The Kier molecular flexibility index (Phi) is 3.88. The molecule has 3 unspecified atom stereocenters. The van der Waals surface area contributed by atoms with Crippen molar-refractivity contribution in [1.29, 1.82) is 0 Å². The quantitative estimate of drug-likeness (QED) is 0.873. The van der Waals surface area contributed by atoms with Gasteiger partial charge in [0.2, 0.25) is 11.8 Å². The zero-order chi connectivity index (χ0) is 14.0. The molecular weight excluding hydrogens is 240 g/mol. The van der Waals surface area contributed by atoms with E-state index < -0.39 is 0 Å². The van der Waals surface area contributed by atoms with Crippen molar-refractivity contribution in [3.8, 4) is 0 Å². The van der Waals surface area contributed by atoms with Crippen molar-refractivity contribution in [2.24, 2.45) is 11.8 Å². The third-order valence-corrected chi connectivity index (χ3v) is 3.51. The molecule has 4 nitrogen and oxygen atoms in total. The zero-order valence-corrected chi connectivity index (χ0v) is 11.6. The van der Waals surface area contributed by atoms with E-state index in [9.17, 15) is 9.59 Å². The van der Waals surface area contributed by atoms with Crippen LogP contribution >= 0.6 is 0 Å². The molecular formula is C15H20N2O2. The number of nitrogens with one attached hydrogen (secondary N) is 2. The average molecular weight is 260 g/mol. The molecule has 0 aliphatic heterocycles. The highest BCUT2D eigenvalue weighted by Crippen LogP contribution is 2.38. The van der Waals surface area contributed by atoms with E-state index in [1.807, 2.05) is 31.2 Å². The van der Waals surface area contributed by atoms with Gasteiger partial charge in [0.05, 0.1) is 6.04 Å². The lowest BCUT2D eigenvalue weighted by molar-refractivity contribution is -0.123. The zero-order valence-electron chi connectivity index (χ0n) is 11.6. The SMILES string of the molecule is CC(=O)Nc1cccc(C(C)NC(=O)C2CC2C)c1. The van der Waals surface area contributed by atoms with Crippen molar-refractivity contribution in [3.63, 3.8) is 0 Å². The summed E-state index contributed by atoms with van der Waals surface area (Å²) >= 11 is 0. The Morgan fingerprint density at radius 1 is 1.37 bits per heavy atom. The summed E-state index contributed by atoms with van der Waals surface area (Å²) in [6.07, 6.45) is 0.991. The van der Waals surface area contributed by atoms with E-state index in [0.717, 1.165) is 17.7 Å². The maximum atomic E-state index is 11.9. The lowest BCUT2D eigenvalue weighted by atomic mass is 10.1. The summed E-state index contributed by atoms with van der Waals surface area (Å²) in [6, 6.07) is 7.51. The molecule has 1 aromatic rings. The smallest absolute Gasteiger partial charge is 0.223 e. The van der Waals surface area contributed by atoms with Crippen molar-refractivity contribution in [1.82, 2.24) is 5.32 Å². The monoisotopic (exact) mass is 260 g/mol. The lowest BCUT2D eigenvalue weighted by Gasteiger charge is -2.15.